The van der Waals surface area contributed by atoms with E-state index in [1.165, 1.54) is 23.9 Å². The third-order valence-corrected chi connectivity index (χ3v) is 8.01. The van der Waals surface area contributed by atoms with Crippen LogP contribution in [0.3, 0.4) is 0 Å². The number of aromatic nitrogens is 1. The van der Waals surface area contributed by atoms with Crippen LogP contribution in [-0.4, -0.2) is 15.6 Å². The number of carboxylic acid groups (broad SMARTS) is 1. The Morgan fingerprint density at radius 2 is 1.82 bits per heavy atom. The van der Waals surface area contributed by atoms with Crippen molar-refractivity contribution in [3.05, 3.63) is 81.2 Å². The van der Waals surface area contributed by atoms with Crippen molar-refractivity contribution in [2.24, 2.45) is 0 Å². The van der Waals surface area contributed by atoms with E-state index in [2.05, 4.69) is 4.57 Å². The van der Waals surface area contributed by atoms with E-state index in [4.69, 9.17) is 34.8 Å². The molecule has 0 saturated heterocycles. The molecule has 0 fully saturated rings. The summed E-state index contributed by atoms with van der Waals surface area (Å²) < 4.78 is 16.9. The predicted octanol–water partition coefficient (Wildman–Crippen LogP) is 8.52. The molecule has 168 valence electrons. The number of fused-ring (bicyclic) bond motifs is 3. The zero-order valence-corrected chi connectivity index (χ0v) is 20.2. The third-order valence-electron chi connectivity index (χ3n) is 5.90. The first-order valence-corrected chi connectivity index (χ1v) is 12.2. The SMILES string of the molecule is O=C(O)CC1CCn2c1c(Sc1ccc(Cl)cc1)c1c(-c3ccc(Cl)c(Cl)c3)cc(F)cc12. The summed E-state index contributed by atoms with van der Waals surface area (Å²) in [5.41, 5.74) is 3.11. The molecular formula is C25H17Cl3FNO2S. The van der Waals surface area contributed by atoms with Gasteiger partial charge in [-0.2, -0.15) is 0 Å². The maximum absolute atomic E-state index is 14.8. The van der Waals surface area contributed by atoms with E-state index in [1.54, 1.807) is 12.1 Å². The molecule has 4 aromatic rings. The van der Waals surface area contributed by atoms with Crippen LogP contribution in [0.15, 0.2) is 64.4 Å². The number of hydrogen-bond donors (Lipinski definition) is 1. The van der Waals surface area contributed by atoms with Gasteiger partial charge in [0.2, 0.25) is 0 Å². The second-order valence-electron chi connectivity index (χ2n) is 7.98. The third kappa shape index (κ3) is 4.24. The van der Waals surface area contributed by atoms with Gasteiger partial charge in [-0.3, -0.25) is 4.79 Å². The van der Waals surface area contributed by atoms with Gasteiger partial charge in [-0.15, -0.1) is 0 Å². The van der Waals surface area contributed by atoms with Crippen molar-refractivity contribution >= 4 is 63.4 Å². The molecule has 0 spiro atoms. The van der Waals surface area contributed by atoms with Gasteiger partial charge in [0.25, 0.3) is 0 Å². The van der Waals surface area contributed by atoms with Crippen LogP contribution in [0.1, 0.15) is 24.5 Å². The molecule has 3 nitrogen and oxygen atoms in total. The van der Waals surface area contributed by atoms with Gasteiger partial charge in [0, 0.05) is 38.4 Å². The van der Waals surface area contributed by atoms with E-state index < -0.39 is 5.97 Å². The lowest BCUT2D eigenvalue weighted by Gasteiger charge is -2.12. The predicted molar refractivity (Wildman–Crippen MR) is 133 cm³/mol. The van der Waals surface area contributed by atoms with Crippen LogP contribution in [-0.2, 0) is 11.3 Å². The van der Waals surface area contributed by atoms with E-state index in [0.717, 1.165) is 32.0 Å². The molecule has 2 heterocycles. The lowest BCUT2D eigenvalue weighted by molar-refractivity contribution is -0.137. The zero-order chi connectivity index (χ0) is 23.3. The van der Waals surface area contributed by atoms with E-state index in [1.807, 2.05) is 30.3 Å². The van der Waals surface area contributed by atoms with Crippen molar-refractivity contribution in [3.63, 3.8) is 0 Å². The number of hydrogen-bond acceptors (Lipinski definition) is 2. The minimum absolute atomic E-state index is 0.0229. The van der Waals surface area contributed by atoms with Gasteiger partial charge in [-0.25, -0.2) is 4.39 Å². The Morgan fingerprint density at radius 1 is 1.06 bits per heavy atom. The summed E-state index contributed by atoms with van der Waals surface area (Å²) in [6.45, 7) is 0.634. The largest absolute Gasteiger partial charge is 0.481 e. The van der Waals surface area contributed by atoms with Crippen molar-refractivity contribution in [1.82, 2.24) is 4.57 Å². The Kier molecular flexibility index (Phi) is 6.08. The molecule has 3 aromatic carbocycles. The topological polar surface area (TPSA) is 42.2 Å². The average molecular weight is 521 g/mol. The minimum Gasteiger partial charge on any atom is -0.481 e. The summed E-state index contributed by atoms with van der Waals surface area (Å²) in [4.78, 5) is 13.5. The average Bonchev–Trinajstić information content (AvgIpc) is 3.30. The number of nitrogens with zero attached hydrogens (tertiary/aromatic N) is 1. The molecule has 0 amide bonds. The van der Waals surface area contributed by atoms with E-state index in [0.29, 0.717) is 33.6 Å². The van der Waals surface area contributed by atoms with Crippen molar-refractivity contribution in [2.75, 3.05) is 0 Å². The molecule has 1 unspecified atom stereocenters. The molecule has 33 heavy (non-hydrogen) atoms. The molecule has 1 atom stereocenters. The van der Waals surface area contributed by atoms with Crippen LogP contribution in [0.2, 0.25) is 15.1 Å². The van der Waals surface area contributed by atoms with Gasteiger partial charge in [0.05, 0.1) is 22.0 Å². The van der Waals surface area contributed by atoms with Gasteiger partial charge >= 0.3 is 5.97 Å². The standard InChI is InChI=1S/C25H17Cl3FNO2S/c26-15-2-4-17(5-3-15)33-25-23-18(13-1-6-19(27)20(28)9-13)11-16(29)12-21(23)30-8-7-14(24(25)30)10-22(31)32/h1-6,9,11-12,14H,7-8,10H2,(H,31,32). The van der Waals surface area contributed by atoms with Crippen LogP contribution in [0.5, 0.6) is 0 Å². The van der Waals surface area contributed by atoms with Gasteiger partial charge in [0.15, 0.2) is 0 Å². The summed E-state index contributed by atoms with van der Waals surface area (Å²) in [5.74, 6) is -1.37. The fourth-order valence-electron chi connectivity index (χ4n) is 4.52. The molecule has 1 aliphatic heterocycles. The number of carbonyl (C=O) groups is 1. The highest BCUT2D eigenvalue weighted by molar-refractivity contribution is 7.99. The van der Waals surface area contributed by atoms with Gasteiger partial charge in [-0.1, -0.05) is 52.6 Å². The molecule has 1 aliphatic rings. The molecule has 0 aliphatic carbocycles. The number of benzene rings is 3. The van der Waals surface area contributed by atoms with E-state index in [9.17, 15) is 14.3 Å². The summed E-state index contributed by atoms with van der Waals surface area (Å²) >= 11 is 20.0. The second kappa shape index (κ2) is 8.88. The second-order valence-corrected chi connectivity index (χ2v) is 10.3. The van der Waals surface area contributed by atoms with Crippen LogP contribution < -0.4 is 0 Å². The van der Waals surface area contributed by atoms with Gasteiger partial charge in [-0.05, 0) is 66.1 Å². The Bertz CT molecular complexity index is 1400. The fourth-order valence-corrected chi connectivity index (χ4v) is 6.15. The van der Waals surface area contributed by atoms with Crippen LogP contribution >= 0.6 is 46.6 Å². The molecule has 1 aromatic heterocycles. The number of aryl methyl sites for hydroxylation is 1. The molecule has 5 rings (SSSR count). The van der Waals surface area contributed by atoms with E-state index in [-0.39, 0.29) is 18.2 Å². The molecule has 0 radical (unpaired) electrons. The van der Waals surface area contributed by atoms with Crippen LogP contribution in [0.4, 0.5) is 4.39 Å². The normalized spacial score (nSPS) is 15.2. The lowest BCUT2D eigenvalue weighted by atomic mass is 9.97. The summed E-state index contributed by atoms with van der Waals surface area (Å²) in [5, 5.41) is 11.8. The molecule has 8 heteroatoms. The number of halogens is 4. The van der Waals surface area contributed by atoms with Crippen molar-refractivity contribution < 1.29 is 14.3 Å². The molecule has 0 saturated carbocycles. The van der Waals surface area contributed by atoms with Crippen molar-refractivity contribution in [3.8, 4) is 11.1 Å². The Labute approximate surface area is 209 Å². The minimum atomic E-state index is -0.850. The maximum atomic E-state index is 14.8. The van der Waals surface area contributed by atoms with Crippen molar-refractivity contribution in [2.45, 2.75) is 35.1 Å². The summed E-state index contributed by atoms with van der Waals surface area (Å²) in [6.07, 6.45) is 0.722. The Hall–Kier alpha value is -2.18. The summed E-state index contributed by atoms with van der Waals surface area (Å²) in [7, 11) is 0. The highest BCUT2D eigenvalue weighted by atomic mass is 35.5. The fraction of sp³-hybridized carbons (Fsp3) is 0.160. The molecule has 0 bridgehead atoms. The molecular weight excluding hydrogens is 504 g/mol. The number of rotatable bonds is 5. The molecule has 1 N–H and O–H groups in total. The lowest BCUT2D eigenvalue weighted by Crippen LogP contribution is -2.04. The smallest absolute Gasteiger partial charge is 0.304 e. The van der Waals surface area contributed by atoms with Gasteiger partial charge in [0.1, 0.15) is 5.82 Å². The Balaban J connectivity index is 1.79. The monoisotopic (exact) mass is 519 g/mol. The quantitative estimate of drug-likeness (QED) is 0.287. The number of aliphatic carboxylic acids is 1. The zero-order valence-electron chi connectivity index (χ0n) is 17.1. The van der Waals surface area contributed by atoms with Crippen LogP contribution in [0, 0.1) is 5.82 Å². The number of carboxylic acids is 1. The highest BCUT2D eigenvalue weighted by Gasteiger charge is 2.33. The highest BCUT2D eigenvalue weighted by Crippen LogP contribution is 2.50. The Morgan fingerprint density at radius 3 is 2.52 bits per heavy atom. The summed E-state index contributed by atoms with van der Waals surface area (Å²) in [6, 6.07) is 15.7. The first kappa shape index (κ1) is 22.6. The first-order valence-electron chi connectivity index (χ1n) is 10.3. The van der Waals surface area contributed by atoms with Crippen molar-refractivity contribution in [1.29, 1.82) is 0 Å². The van der Waals surface area contributed by atoms with E-state index >= 15 is 0 Å². The van der Waals surface area contributed by atoms with Gasteiger partial charge < -0.3 is 9.67 Å². The van der Waals surface area contributed by atoms with Crippen LogP contribution in [0.25, 0.3) is 22.0 Å². The first-order chi connectivity index (χ1) is 15.8. The maximum Gasteiger partial charge on any atom is 0.304 e.